The van der Waals surface area contributed by atoms with Crippen molar-refractivity contribution in [2.24, 2.45) is 13.0 Å². The average Bonchev–Trinajstić information content (AvgIpc) is 2.53. The van der Waals surface area contributed by atoms with Crippen molar-refractivity contribution in [1.82, 2.24) is 4.57 Å². The molecule has 1 aliphatic carbocycles. The molecule has 0 unspecified atom stereocenters. The lowest BCUT2D eigenvalue weighted by Crippen LogP contribution is -2.24. The summed E-state index contributed by atoms with van der Waals surface area (Å²) in [4.78, 5) is 0. The molecule has 0 atom stereocenters. The molecule has 0 N–H and O–H groups in total. The van der Waals surface area contributed by atoms with E-state index in [0.29, 0.717) is 0 Å². The molecule has 0 aliphatic heterocycles. The summed E-state index contributed by atoms with van der Waals surface area (Å²) in [6, 6.07) is 0. The van der Waals surface area contributed by atoms with Gasteiger partial charge < -0.3 is 0 Å². The Morgan fingerprint density at radius 3 is 2.69 bits per heavy atom. The van der Waals surface area contributed by atoms with Crippen LogP contribution in [0.2, 0.25) is 0 Å². The number of nitrogens with zero attached hydrogens (tertiary/aromatic N) is 2. The normalized spacial score (nSPS) is 19.2. The van der Waals surface area contributed by atoms with Crippen LogP contribution in [-0.2, 0) is 13.6 Å². The van der Waals surface area contributed by atoms with Crippen molar-refractivity contribution in [3.05, 3.63) is 18.7 Å². The fourth-order valence-electron chi connectivity index (χ4n) is 2.28. The fourth-order valence-corrected chi connectivity index (χ4v) is 2.28. The van der Waals surface area contributed by atoms with Crippen LogP contribution < -0.4 is 4.57 Å². The second kappa shape index (κ2) is 3.95. The first-order valence-corrected chi connectivity index (χ1v) is 5.35. The Balaban J connectivity index is 1.89. The highest BCUT2D eigenvalue weighted by Crippen LogP contribution is 2.24. The van der Waals surface area contributed by atoms with Crippen molar-refractivity contribution in [2.45, 2.75) is 38.6 Å². The van der Waals surface area contributed by atoms with E-state index in [-0.39, 0.29) is 0 Å². The molecule has 1 aromatic heterocycles. The second-order valence-corrected chi connectivity index (χ2v) is 4.28. The summed E-state index contributed by atoms with van der Waals surface area (Å²) in [6.45, 7) is 1.22. The van der Waals surface area contributed by atoms with E-state index in [2.05, 4.69) is 34.9 Å². The Labute approximate surface area is 80.2 Å². The highest BCUT2D eigenvalue weighted by molar-refractivity contribution is 4.71. The third kappa shape index (κ3) is 2.33. The maximum absolute atomic E-state index is 2.32. The number of rotatable bonds is 2. The Bertz CT molecular complexity index is 259. The summed E-state index contributed by atoms with van der Waals surface area (Å²) in [5, 5.41) is 0. The minimum absolute atomic E-state index is 0.932. The van der Waals surface area contributed by atoms with Crippen LogP contribution in [0.1, 0.15) is 32.1 Å². The van der Waals surface area contributed by atoms with Gasteiger partial charge in [0.2, 0.25) is 6.33 Å². The van der Waals surface area contributed by atoms with E-state index in [4.69, 9.17) is 0 Å². The topological polar surface area (TPSA) is 8.81 Å². The van der Waals surface area contributed by atoms with E-state index >= 15 is 0 Å². The molecule has 0 amide bonds. The molecule has 72 valence electrons. The molecule has 2 nitrogen and oxygen atoms in total. The molecular formula is C11H19N2+. The minimum Gasteiger partial charge on any atom is -0.240 e. The van der Waals surface area contributed by atoms with Gasteiger partial charge in [-0.3, -0.25) is 0 Å². The number of hydrogen-bond acceptors (Lipinski definition) is 0. The molecular weight excluding hydrogens is 160 g/mol. The highest BCUT2D eigenvalue weighted by atomic mass is 15.1. The third-order valence-electron chi connectivity index (χ3n) is 3.02. The monoisotopic (exact) mass is 179 g/mol. The van der Waals surface area contributed by atoms with E-state index < -0.39 is 0 Å². The quantitative estimate of drug-likeness (QED) is 0.613. The number of aryl methyl sites for hydroxylation is 1. The summed E-state index contributed by atoms with van der Waals surface area (Å²) >= 11 is 0. The van der Waals surface area contributed by atoms with Crippen LogP contribution in [0.15, 0.2) is 18.7 Å². The smallest absolute Gasteiger partial charge is 0.240 e. The summed E-state index contributed by atoms with van der Waals surface area (Å²) in [6.07, 6.45) is 13.7. The van der Waals surface area contributed by atoms with Crippen molar-refractivity contribution < 1.29 is 4.57 Å². The predicted octanol–water partition coefficient (Wildman–Crippen LogP) is 1.89. The molecule has 0 spiro atoms. The fraction of sp³-hybridized carbons (Fsp3) is 0.727. The standard InChI is InChI=1S/C11H19N2/c1-12-7-8-13(10-12)9-11-5-3-2-4-6-11/h7-8,10-11H,2-6,9H2,1H3/q+1. The minimum atomic E-state index is 0.932. The van der Waals surface area contributed by atoms with E-state index in [0.717, 1.165) is 5.92 Å². The Kier molecular flexibility index (Phi) is 2.67. The lowest BCUT2D eigenvalue weighted by molar-refractivity contribution is -0.671. The first-order valence-electron chi connectivity index (χ1n) is 5.35. The van der Waals surface area contributed by atoms with Crippen molar-refractivity contribution in [2.75, 3.05) is 0 Å². The van der Waals surface area contributed by atoms with Crippen LogP contribution in [0.25, 0.3) is 0 Å². The van der Waals surface area contributed by atoms with Crippen LogP contribution >= 0.6 is 0 Å². The third-order valence-corrected chi connectivity index (χ3v) is 3.02. The number of aromatic nitrogens is 2. The summed E-state index contributed by atoms with van der Waals surface area (Å²) in [5.41, 5.74) is 0. The van der Waals surface area contributed by atoms with Gasteiger partial charge in [0.25, 0.3) is 0 Å². The second-order valence-electron chi connectivity index (χ2n) is 4.28. The van der Waals surface area contributed by atoms with Crippen LogP contribution in [-0.4, -0.2) is 4.57 Å². The van der Waals surface area contributed by atoms with Gasteiger partial charge in [0.1, 0.15) is 12.4 Å². The molecule has 2 rings (SSSR count). The van der Waals surface area contributed by atoms with Crippen molar-refractivity contribution >= 4 is 0 Å². The van der Waals surface area contributed by atoms with Gasteiger partial charge in [-0.25, -0.2) is 9.13 Å². The molecule has 1 aliphatic rings. The van der Waals surface area contributed by atoms with Crippen LogP contribution in [0, 0.1) is 5.92 Å². The summed E-state index contributed by atoms with van der Waals surface area (Å²) < 4.78 is 4.43. The molecule has 1 aromatic rings. The van der Waals surface area contributed by atoms with Crippen molar-refractivity contribution in [1.29, 1.82) is 0 Å². The van der Waals surface area contributed by atoms with Crippen molar-refractivity contribution in [3.63, 3.8) is 0 Å². The lowest BCUT2D eigenvalue weighted by Gasteiger charge is -2.19. The van der Waals surface area contributed by atoms with Crippen LogP contribution in [0.4, 0.5) is 0 Å². The zero-order chi connectivity index (χ0) is 9.10. The van der Waals surface area contributed by atoms with Gasteiger partial charge in [-0.15, -0.1) is 0 Å². The molecule has 1 heterocycles. The Morgan fingerprint density at radius 2 is 2.08 bits per heavy atom. The predicted molar refractivity (Wildman–Crippen MR) is 52.2 cm³/mol. The van der Waals surface area contributed by atoms with Crippen molar-refractivity contribution in [3.8, 4) is 0 Å². The van der Waals surface area contributed by atoms with E-state index in [9.17, 15) is 0 Å². The highest BCUT2D eigenvalue weighted by Gasteiger charge is 2.15. The van der Waals surface area contributed by atoms with Gasteiger partial charge in [0.15, 0.2) is 0 Å². The van der Waals surface area contributed by atoms with E-state index in [1.165, 1.54) is 38.6 Å². The van der Waals surface area contributed by atoms with Gasteiger partial charge in [-0.05, 0) is 18.8 Å². The van der Waals surface area contributed by atoms with Crippen LogP contribution in [0.5, 0.6) is 0 Å². The van der Waals surface area contributed by atoms with E-state index in [1.807, 2.05) is 0 Å². The zero-order valence-electron chi connectivity index (χ0n) is 8.45. The molecule has 0 radical (unpaired) electrons. The lowest BCUT2D eigenvalue weighted by atomic mass is 9.89. The van der Waals surface area contributed by atoms with Crippen LogP contribution in [0.3, 0.4) is 0 Å². The molecule has 13 heavy (non-hydrogen) atoms. The SMILES string of the molecule is C[n+]1ccn(CC2CCCCC2)c1. The molecule has 1 fully saturated rings. The van der Waals surface area contributed by atoms with Gasteiger partial charge in [-0.1, -0.05) is 19.3 Å². The average molecular weight is 179 g/mol. The maximum Gasteiger partial charge on any atom is 0.243 e. The molecule has 2 heteroatoms. The maximum atomic E-state index is 2.32. The van der Waals surface area contributed by atoms with E-state index in [1.54, 1.807) is 0 Å². The molecule has 0 bridgehead atoms. The molecule has 1 saturated carbocycles. The Morgan fingerprint density at radius 1 is 1.31 bits per heavy atom. The first kappa shape index (κ1) is 8.79. The molecule has 0 saturated heterocycles. The summed E-state index contributed by atoms with van der Waals surface area (Å²) in [5.74, 6) is 0.932. The largest absolute Gasteiger partial charge is 0.243 e. The van der Waals surface area contributed by atoms with Gasteiger partial charge >= 0.3 is 0 Å². The van der Waals surface area contributed by atoms with Gasteiger partial charge in [0, 0.05) is 0 Å². The Hall–Kier alpha value is -0.790. The zero-order valence-corrected chi connectivity index (χ0v) is 8.45. The molecule has 0 aromatic carbocycles. The van der Waals surface area contributed by atoms with Gasteiger partial charge in [0.05, 0.1) is 13.6 Å². The number of hydrogen-bond donors (Lipinski definition) is 0. The van der Waals surface area contributed by atoms with Gasteiger partial charge in [-0.2, -0.15) is 0 Å². The summed E-state index contributed by atoms with van der Waals surface area (Å²) in [7, 11) is 2.08. The number of imidazole rings is 1. The first-order chi connectivity index (χ1) is 6.34.